The Bertz CT molecular complexity index is 500. The first kappa shape index (κ1) is 9.39. The highest BCUT2D eigenvalue weighted by atomic mass is 16.1. The Morgan fingerprint density at radius 2 is 2.20 bits per heavy atom. The number of H-pyrrole nitrogens is 1. The van der Waals surface area contributed by atoms with Crippen molar-refractivity contribution < 1.29 is 0 Å². The molecule has 0 spiro atoms. The second kappa shape index (κ2) is 3.91. The Labute approximate surface area is 86.2 Å². The van der Waals surface area contributed by atoms with E-state index in [-0.39, 0.29) is 5.56 Å². The van der Waals surface area contributed by atoms with E-state index in [9.17, 15) is 4.79 Å². The minimum absolute atomic E-state index is 0.224. The van der Waals surface area contributed by atoms with Crippen molar-refractivity contribution in [2.24, 2.45) is 0 Å². The lowest BCUT2D eigenvalue weighted by Crippen LogP contribution is -2.07. The van der Waals surface area contributed by atoms with E-state index in [0.717, 1.165) is 11.4 Å². The summed E-state index contributed by atoms with van der Waals surface area (Å²) in [6.07, 6.45) is 1.70. The van der Waals surface area contributed by atoms with Gasteiger partial charge in [-0.3, -0.25) is 4.79 Å². The molecule has 0 saturated carbocycles. The first-order valence-electron chi connectivity index (χ1n) is 4.50. The number of hydrogen-bond donors (Lipinski definition) is 2. The zero-order valence-electron chi connectivity index (χ0n) is 8.19. The Morgan fingerprint density at radius 3 is 2.87 bits per heavy atom. The van der Waals surface area contributed by atoms with Gasteiger partial charge in [-0.05, 0) is 24.6 Å². The summed E-state index contributed by atoms with van der Waals surface area (Å²) in [5, 5.41) is 9.18. The summed E-state index contributed by atoms with van der Waals surface area (Å²) >= 11 is 0. The Morgan fingerprint density at radius 1 is 1.33 bits per heavy atom. The molecule has 0 unspecified atom stereocenters. The second-order valence-corrected chi connectivity index (χ2v) is 3.10. The Balaban J connectivity index is 2.26. The van der Waals surface area contributed by atoms with Gasteiger partial charge in [0.15, 0.2) is 5.82 Å². The quantitative estimate of drug-likeness (QED) is 0.768. The van der Waals surface area contributed by atoms with Crippen LogP contribution in [-0.4, -0.2) is 15.2 Å². The molecule has 0 aliphatic heterocycles. The van der Waals surface area contributed by atoms with E-state index < -0.39 is 0 Å². The third kappa shape index (κ3) is 2.19. The van der Waals surface area contributed by atoms with Gasteiger partial charge < -0.3 is 5.32 Å². The van der Waals surface area contributed by atoms with Crippen molar-refractivity contribution in [2.75, 3.05) is 5.32 Å². The highest BCUT2D eigenvalue weighted by molar-refractivity contribution is 5.54. The lowest BCUT2D eigenvalue weighted by Gasteiger charge is -2.05. The van der Waals surface area contributed by atoms with Crippen LogP contribution < -0.4 is 10.9 Å². The van der Waals surface area contributed by atoms with Crippen molar-refractivity contribution in [1.82, 2.24) is 15.2 Å². The van der Waals surface area contributed by atoms with Crippen LogP contribution in [0.3, 0.4) is 0 Å². The van der Waals surface area contributed by atoms with Crippen LogP contribution in [0.1, 0.15) is 5.56 Å². The van der Waals surface area contributed by atoms with E-state index in [4.69, 9.17) is 0 Å². The van der Waals surface area contributed by atoms with Crippen molar-refractivity contribution in [1.29, 1.82) is 0 Å². The summed E-state index contributed by atoms with van der Waals surface area (Å²) in [6.45, 7) is 1.95. The Hall–Kier alpha value is -2.17. The van der Waals surface area contributed by atoms with Gasteiger partial charge in [0.05, 0.1) is 0 Å². The minimum Gasteiger partial charge on any atom is -0.323 e. The highest BCUT2D eigenvalue weighted by Gasteiger charge is 1.99. The number of anilines is 2. The van der Waals surface area contributed by atoms with Gasteiger partial charge in [-0.25, -0.2) is 10.1 Å². The molecule has 15 heavy (non-hydrogen) atoms. The maximum atomic E-state index is 10.8. The van der Waals surface area contributed by atoms with Gasteiger partial charge in [0.25, 0.3) is 5.56 Å². The van der Waals surface area contributed by atoms with Gasteiger partial charge in [0, 0.05) is 12.3 Å². The van der Waals surface area contributed by atoms with Crippen LogP contribution in [0.25, 0.3) is 0 Å². The van der Waals surface area contributed by atoms with E-state index in [0.29, 0.717) is 5.82 Å². The predicted molar refractivity (Wildman–Crippen MR) is 57.1 cm³/mol. The lowest BCUT2D eigenvalue weighted by molar-refractivity contribution is 0.991. The molecule has 0 fully saturated rings. The number of hydrogen-bond acceptors (Lipinski definition) is 4. The molecule has 0 bridgehead atoms. The number of aromatic amines is 1. The SMILES string of the molecule is Cc1cccnc1Nc1ccc(=O)[nH]n1. The van der Waals surface area contributed by atoms with E-state index in [1.54, 1.807) is 12.3 Å². The summed E-state index contributed by atoms with van der Waals surface area (Å²) < 4.78 is 0. The summed E-state index contributed by atoms with van der Waals surface area (Å²) in [6, 6.07) is 6.82. The fraction of sp³-hybridized carbons (Fsp3) is 0.100. The molecule has 0 atom stereocenters. The van der Waals surface area contributed by atoms with Crippen molar-refractivity contribution in [3.05, 3.63) is 46.4 Å². The average molecular weight is 202 g/mol. The summed E-state index contributed by atoms with van der Waals surface area (Å²) in [4.78, 5) is 14.9. The van der Waals surface area contributed by atoms with E-state index in [2.05, 4.69) is 20.5 Å². The molecule has 5 heteroatoms. The maximum Gasteiger partial charge on any atom is 0.264 e. The van der Waals surface area contributed by atoms with Crippen LogP contribution in [0, 0.1) is 6.92 Å². The average Bonchev–Trinajstić information content (AvgIpc) is 2.25. The third-order valence-electron chi connectivity index (χ3n) is 1.94. The van der Waals surface area contributed by atoms with Crippen molar-refractivity contribution in [3.63, 3.8) is 0 Å². The van der Waals surface area contributed by atoms with Crippen LogP contribution in [0.5, 0.6) is 0 Å². The van der Waals surface area contributed by atoms with Gasteiger partial charge in [-0.15, -0.1) is 0 Å². The Kier molecular flexibility index (Phi) is 2.45. The smallest absolute Gasteiger partial charge is 0.264 e. The molecule has 0 aliphatic rings. The molecular weight excluding hydrogens is 192 g/mol. The zero-order valence-corrected chi connectivity index (χ0v) is 8.19. The normalized spacial score (nSPS) is 9.93. The monoisotopic (exact) mass is 202 g/mol. The lowest BCUT2D eigenvalue weighted by atomic mass is 10.3. The number of rotatable bonds is 2. The number of pyridine rings is 1. The molecule has 0 radical (unpaired) electrons. The van der Waals surface area contributed by atoms with Gasteiger partial charge in [0.2, 0.25) is 0 Å². The number of nitrogens with zero attached hydrogens (tertiary/aromatic N) is 2. The van der Waals surface area contributed by atoms with Crippen LogP contribution in [0.15, 0.2) is 35.3 Å². The van der Waals surface area contributed by atoms with Gasteiger partial charge in [-0.1, -0.05) is 6.07 Å². The molecule has 2 heterocycles. The second-order valence-electron chi connectivity index (χ2n) is 3.10. The minimum atomic E-state index is -0.224. The first-order valence-corrected chi connectivity index (χ1v) is 4.50. The molecule has 0 aromatic carbocycles. The molecule has 0 saturated heterocycles. The van der Waals surface area contributed by atoms with Crippen molar-refractivity contribution in [2.45, 2.75) is 6.92 Å². The first-order chi connectivity index (χ1) is 7.25. The molecule has 2 rings (SSSR count). The molecule has 5 nitrogen and oxygen atoms in total. The van der Waals surface area contributed by atoms with Crippen LogP contribution in [0.2, 0.25) is 0 Å². The van der Waals surface area contributed by atoms with Gasteiger partial charge in [0.1, 0.15) is 5.82 Å². The predicted octanol–water partition coefficient (Wildman–Crippen LogP) is 1.22. The van der Waals surface area contributed by atoms with E-state index in [1.165, 1.54) is 6.07 Å². The molecular formula is C10H10N4O. The van der Waals surface area contributed by atoms with Crippen LogP contribution >= 0.6 is 0 Å². The summed E-state index contributed by atoms with van der Waals surface area (Å²) in [7, 11) is 0. The number of aryl methyl sites for hydroxylation is 1. The zero-order chi connectivity index (χ0) is 10.7. The maximum absolute atomic E-state index is 10.8. The van der Waals surface area contributed by atoms with Crippen LogP contribution in [0.4, 0.5) is 11.6 Å². The fourth-order valence-corrected chi connectivity index (χ4v) is 1.15. The molecule has 2 aromatic heterocycles. The van der Waals surface area contributed by atoms with E-state index in [1.807, 2.05) is 19.1 Å². The molecule has 2 N–H and O–H groups in total. The van der Waals surface area contributed by atoms with Gasteiger partial charge >= 0.3 is 0 Å². The third-order valence-corrected chi connectivity index (χ3v) is 1.94. The highest BCUT2D eigenvalue weighted by Crippen LogP contribution is 2.13. The van der Waals surface area contributed by atoms with Crippen molar-refractivity contribution >= 4 is 11.6 Å². The topological polar surface area (TPSA) is 70.7 Å². The van der Waals surface area contributed by atoms with Crippen molar-refractivity contribution in [3.8, 4) is 0 Å². The number of aromatic nitrogens is 3. The summed E-state index contributed by atoms with van der Waals surface area (Å²) in [5.41, 5.74) is 0.795. The molecule has 2 aromatic rings. The molecule has 76 valence electrons. The number of nitrogens with one attached hydrogen (secondary N) is 2. The summed E-state index contributed by atoms with van der Waals surface area (Å²) in [5.74, 6) is 1.30. The largest absolute Gasteiger partial charge is 0.323 e. The fourth-order valence-electron chi connectivity index (χ4n) is 1.15. The molecule has 0 amide bonds. The van der Waals surface area contributed by atoms with Crippen LogP contribution in [-0.2, 0) is 0 Å². The molecule has 0 aliphatic carbocycles. The van der Waals surface area contributed by atoms with E-state index >= 15 is 0 Å². The standard InChI is InChI=1S/C10H10N4O/c1-7-3-2-6-11-10(7)12-8-4-5-9(15)14-13-8/h2-6H,1H3,(H,14,15)(H,11,12,13). The van der Waals surface area contributed by atoms with Gasteiger partial charge in [-0.2, -0.15) is 5.10 Å².